The van der Waals surface area contributed by atoms with E-state index in [1.54, 1.807) is 39.0 Å². The van der Waals surface area contributed by atoms with Gasteiger partial charge < -0.3 is 68.2 Å². The predicted molar refractivity (Wildman–Crippen MR) is 301 cm³/mol. The molecule has 13 N–H and O–H groups in total. The van der Waals surface area contributed by atoms with E-state index in [0.717, 1.165) is 5.56 Å². The number of nitrogens with two attached hydrogens (primary N) is 2. The van der Waals surface area contributed by atoms with Crippen LogP contribution in [0.1, 0.15) is 108 Å². The number of aromatic hydroxyl groups is 1. The van der Waals surface area contributed by atoms with Gasteiger partial charge in [0.2, 0.25) is 47.8 Å². The standard InChI is InChI=1S/C58H75N13O11/c1-8-34(5)25-44(49(76)69-58(28-41(58)45-29-61-32-63-45)53(80)71-23-13-16-46(71)50(77)64-42(9-2)35(6)72)66-52(79)57(27-40(57)37-17-19-39(73)20-18-37)68-48(75)43(24-33(3)4)65-51(78)56(26-38(56)21-22-62-54(59)60)67-47(74)30-70(7)55(81)82-31-36-14-11-10-12-15-36/h2,10-12,14-15,17-20,24-25,29,32,38,40-44,46,55,73,81H,8,13,16,21-23,26-28,30-31H2,1,3-7H3,(H,61,63)(H,64,77)(H,65,78)(H,66,79)(H,67,74)(H,68,75)(H,69,76)(H4,59,60,62)/t38-,40+,41+,42+,43-,44-,46-,55?,56?,57?,58?/m0/s1. The van der Waals surface area contributed by atoms with E-state index >= 15 is 4.79 Å². The molecule has 1 aromatic heterocycles. The minimum absolute atomic E-state index is 0.0177. The van der Waals surface area contributed by atoms with Crippen molar-refractivity contribution in [3.8, 4) is 18.1 Å². The summed E-state index contributed by atoms with van der Waals surface area (Å²) in [5, 5.41) is 37.9. The van der Waals surface area contributed by atoms with Crippen molar-refractivity contribution in [2.75, 3.05) is 26.7 Å². The number of ether oxygens (including phenoxy) is 1. The van der Waals surface area contributed by atoms with Crippen LogP contribution in [0.3, 0.4) is 0 Å². The molecule has 7 amide bonds. The fraction of sp³-hybridized carbons (Fsp3) is 0.483. The number of nitrogens with zero attached hydrogens (tertiary/aromatic N) is 4. The monoisotopic (exact) mass is 1130 g/mol. The van der Waals surface area contributed by atoms with Crippen LogP contribution in [0, 0.1) is 18.3 Å². The van der Waals surface area contributed by atoms with E-state index in [4.69, 9.17) is 22.6 Å². The summed E-state index contributed by atoms with van der Waals surface area (Å²) in [6.45, 7) is 8.25. The van der Waals surface area contributed by atoms with Crippen molar-refractivity contribution in [1.29, 1.82) is 0 Å². The first-order valence-electron chi connectivity index (χ1n) is 27.3. The third-order valence-corrected chi connectivity index (χ3v) is 15.6. The Labute approximate surface area is 476 Å². The highest BCUT2D eigenvalue weighted by Crippen LogP contribution is 2.54. The van der Waals surface area contributed by atoms with E-state index < -0.39 is 112 Å². The van der Waals surface area contributed by atoms with Crippen molar-refractivity contribution in [1.82, 2.24) is 51.7 Å². The number of likely N-dealkylation sites (tertiary alicyclic amines) is 1. The number of aliphatic hydroxyl groups excluding tert-OH is 1. The smallest absolute Gasteiger partial charge is 0.249 e. The fourth-order valence-corrected chi connectivity index (χ4v) is 10.6. The molecule has 2 heterocycles. The number of aromatic amines is 1. The highest BCUT2D eigenvalue weighted by atomic mass is 16.6. The Kier molecular flexibility index (Phi) is 19.4. The van der Waals surface area contributed by atoms with Gasteiger partial charge in [0.25, 0.3) is 0 Å². The number of allylic oxidation sites excluding steroid dienone is 2. The molecule has 0 radical (unpaired) electrons. The van der Waals surface area contributed by atoms with Crippen molar-refractivity contribution in [3.63, 3.8) is 0 Å². The minimum Gasteiger partial charge on any atom is -0.508 e. The van der Waals surface area contributed by atoms with Crippen LogP contribution in [0.2, 0.25) is 0 Å². The molecule has 24 nitrogen and oxygen atoms in total. The number of aromatic nitrogens is 2. The van der Waals surface area contributed by atoms with Crippen LogP contribution < -0.4 is 43.4 Å². The van der Waals surface area contributed by atoms with Crippen LogP contribution in [0.25, 0.3) is 0 Å². The number of likely N-dealkylation sites (N-methyl/N-ethyl adjacent to an activating group) is 1. The number of nitrogens with one attached hydrogen (secondary N) is 7. The van der Waals surface area contributed by atoms with E-state index in [2.05, 4.69) is 52.8 Å². The molecule has 7 rings (SSSR count). The number of aliphatic hydroxyl groups is 1. The molecule has 0 spiro atoms. The number of ketones is 1. The minimum atomic E-state index is -1.75. The molecule has 1 saturated heterocycles. The largest absolute Gasteiger partial charge is 0.508 e. The first kappa shape index (κ1) is 61.2. The van der Waals surface area contributed by atoms with Crippen LogP contribution in [0.5, 0.6) is 5.75 Å². The van der Waals surface area contributed by atoms with Gasteiger partial charge in [-0.25, -0.2) is 9.88 Å². The zero-order chi connectivity index (χ0) is 59.7. The van der Waals surface area contributed by atoms with Gasteiger partial charge >= 0.3 is 0 Å². The van der Waals surface area contributed by atoms with Crippen molar-refractivity contribution in [2.45, 2.75) is 145 Å². The van der Waals surface area contributed by atoms with Gasteiger partial charge in [0.1, 0.15) is 46.5 Å². The van der Waals surface area contributed by atoms with Crippen LogP contribution in [0.4, 0.5) is 0 Å². The molecule has 0 bridgehead atoms. The maximum Gasteiger partial charge on any atom is 0.249 e. The molecule has 11 atom stereocenters. The Bertz CT molecular complexity index is 3010. The number of carbonyl (C=O) groups excluding carboxylic acids is 8. The average Bonchev–Trinajstić information content (AvgIpc) is 4.27. The van der Waals surface area contributed by atoms with E-state index in [9.17, 15) is 43.8 Å². The second-order valence-corrected chi connectivity index (χ2v) is 22.0. The van der Waals surface area contributed by atoms with E-state index in [1.165, 1.54) is 54.5 Å². The van der Waals surface area contributed by atoms with Gasteiger partial charge in [-0.2, -0.15) is 0 Å². The molecule has 24 heteroatoms. The number of H-pyrrole nitrogens is 1. The molecule has 3 aliphatic carbocycles. The summed E-state index contributed by atoms with van der Waals surface area (Å²) < 4.78 is 5.58. The average molecular weight is 1130 g/mol. The number of hydrogen-bond donors (Lipinski definition) is 11. The lowest BCUT2D eigenvalue weighted by Crippen LogP contribution is -2.62. The molecular weight excluding hydrogens is 1050 g/mol. The van der Waals surface area contributed by atoms with Gasteiger partial charge in [-0.3, -0.25) is 43.3 Å². The Morgan fingerprint density at radius 2 is 1.54 bits per heavy atom. The van der Waals surface area contributed by atoms with E-state index in [1.807, 2.05) is 37.3 Å². The summed E-state index contributed by atoms with van der Waals surface area (Å²) in [5.41, 5.74) is 9.48. The lowest BCUT2D eigenvalue weighted by molar-refractivity contribution is -0.193. The first-order chi connectivity index (χ1) is 39.0. The van der Waals surface area contributed by atoms with Crippen LogP contribution in [-0.2, 0) is 49.7 Å². The van der Waals surface area contributed by atoms with E-state index in [-0.39, 0.29) is 70.1 Å². The molecule has 3 saturated carbocycles. The maximum atomic E-state index is 15.2. The number of terminal acetylenes is 1. The second-order valence-electron chi connectivity index (χ2n) is 22.0. The van der Waals surface area contributed by atoms with Crippen molar-refractivity contribution in [3.05, 3.63) is 107 Å². The summed E-state index contributed by atoms with van der Waals surface area (Å²) in [6.07, 6.45) is 11.8. The normalized spacial score (nSPS) is 24.7. The third kappa shape index (κ3) is 14.4. The second kappa shape index (κ2) is 26.0. The number of guanidine groups is 1. The summed E-state index contributed by atoms with van der Waals surface area (Å²) >= 11 is 0. The van der Waals surface area contributed by atoms with Gasteiger partial charge in [0, 0.05) is 36.8 Å². The lowest BCUT2D eigenvalue weighted by atomic mass is 10.0. The zero-order valence-corrected chi connectivity index (χ0v) is 47.0. The Morgan fingerprint density at radius 3 is 2.15 bits per heavy atom. The molecule has 438 valence electrons. The van der Waals surface area contributed by atoms with Crippen LogP contribution in [-0.4, -0.2) is 157 Å². The SMILES string of the molecule is C#C[C@@H](NC(=O)[C@@H]1CCCN1C(=O)C1(NC(=O)[C@H](C=C(C)CC)NC(=O)C2(NC(=O)[C@H](C=C(C)C)NC(=O)C3(NC(=O)CN(C)C(O)OCc4ccccc4)C[C@@H]3CCN=C(N)N)C[C@@H]2c2ccc(O)cc2)C[C@@H]1c1cnc[nH]1)C(C)=O. The Balaban J connectivity index is 1.13. The summed E-state index contributed by atoms with van der Waals surface area (Å²) in [6, 6.07) is 10.1. The highest BCUT2D eigenvalue weighted by molar-refractivity contribution is 6.04. The molecular formula is C58H75N13O11. The van der Waals surface area contributed by atoms with Crippen molar-refractivity contribution in [2.24, 2.45) is 22.4 Å². The zero-order valence-electron chi connectivity index (χ0n) is 47.0. The summed E-state index contributed by atoms with van der Waals surface area (Å²) in [4.78, 5) is 128. The third-order valence-electron chi connectivity index (χ3n) is 15.6. The fourth-order valence-electron chi connectivity index (χ4n) is 10.6. The van der Waals surface area contributed by atoms with Gasteiger partial charge in [0.05, 0.1) is 19.5 Å². The number of phenols is 1. The molecule has 82 heavy (non-hydrogen) atoms. The number of amides is 7. The number of hydrogen-bond acceptors (Lipinski definition) is 14. The number of carbonyl (C=O) groups is 8. The van der Waals surface area contributed by atoms with Gasteiger partial charge in [-0.1, -0.05) is 78.6 Å². The molecule has 1 aliphatic heterocycles. The van der Waals surface area contributed by atoms with E-state index in [0.29, 0.717) is 35.2 Å². The Hall–Kier alpha value is -8.40. The number of rotatable bonds is 27. The number of aliphatic imine (C=N–C) groups is 1. The van der Waals surface area contributed by atoms with Gasteiger partial charge in [-0.15, -0.1) is 6.42 Å². The predicted octanol–water partition coefficient (Wildman–Crippen LogP) is 0.453. The Morgan fingerprint density at radius 1 is 0.890 bits per heavy atom. The van der Waals surface area contributed by atoms with Crippen molar-refractivity contribution < 1.29 is 53.3 Å². The maximum absolute atomic E-state index is 15.2. The molecule has 4 fully saturated rings. The van der Waals surface area contributed by atoms with Gasteiger partial charge in [0.15, 0.2) is 11.7 Å². The van der Waals surface area contributed by atoms with Crippen LogP contribution in [0.15, 0.2) is 95.4 Å². The highest BCUT2D eigenvalue weighted by Gasteiger charge is 2.66. The molecule has 4 aliphatic rings. The number of benzene rings is 2. The first-order valence-corrected chi connectivity index (χ1v) is 27.3. The number of imidazole rings is 1. The number of phenolic OH excluding ortho intramolecular Hbond substituents is 1. The topological polar surface area (TPSA) is 358 Å². The molecule has 2 aromatic carbocycles. The molecule has 3 aromatic rings. The quantitative estimate of drug-likeness (QED) is 0.0162. The summed E-state index contributed by atoms with van der Waals surface area (Å²) in [7, 11) is 1.47. The molecule has 4 unspecified atom stereocenters. The van der Waals surface area contributed by atoms with Crippen LogP contribution >= 0.6 is 0 Å². The lowest BCUT2D eigenvalue weighted by Gasteiger charge is -2.31. The van der Waals surface area contributed by atoms with Gasteiger partial charge in [-0.05, 0) is 109 Å². The number of Topliss-reactive ketones (excluding diaryl/α,β-unsaturated/α-hetero) is 1. The summed E-state index contributed by atoms with van der Waals surface area (Å²) in [5.74, 6) is -5.13. The van der Waals surface area contributed by atoms with Crippen molar-refractivity contribution >= 4 is 53.1 Å².